The molecule has 0 saturated heterocycles. The molecule has 26 heavy (non-hydrogen) atoms. The van der Waals surface area contributed by atoms with Crippen LogP contribution in [-0.4, -0.2) is 29.1 Å². The first-order valence-corrected chi connectivity index (χ1v) is 8.73. The van der Waals surface area contributed by atoms with Gasteiger partial charge in [0.15, 0.2) is 4.80 Å². The summed E-state index contributed by atoms with van der Waals surface area (Å²) in [7, 11) is 1.58. The van der Waals surface area contributed by atoms with Crippen LogP contribution >= 0.6 is 11.3 Å². The molecule has 7 nitrogen and oxygen atoms in total. The normalized spacial score (nSPS) is 11.8. The van der Waals surface area contributed by atoms with Crippen molar-refractivity contribution in [2.45, 2.75) is 13.5 Å². The van der Waals surface area contributed by atoms with Crippen molar-refractivity contribution in [3.05, 3.63) is 68.5 Å². The fourth-order valence-corrected chi connectivity index (χ4v) is 3.62. The van der Waals surface area contributed by atoms with E-state index in [4.69, 9.17) is 4.74 Å². The van der Waals surface area contributed by atoms with E-state index in [9.17, 15) is 14.9 Å². The summed E-state index contributed by atoms with van der Waals surface area (Å²) < 4.78 is 7.73. The molecule has 3 rings (SSSR count). The van der Waals surface area contributed by atoms with Gasteiger partial charge in [0.1, 0.15) is 0 Å². The number of rotatable bonds is 5. The number of nitrogens with zero attached hydrogens (tertiary/aromatic N) is 3. The molecular formula is C18H17N3O4S. The number of benzene rings is 2. The minimum absolute atomic E-state index is 0.00183. The number of hydrogen-bond donors (Lipinski definition) is 0. The second-order valence-corrected chi connectivity index (χ2v) is 6.73. The number of methoxy groups -OCH3 is 1. The number of non-ortho nitro benzene ring substituents is 1. The molecule has 0 saturated carbocycles. The summed E-state index contributed by atoms with van der Waals surface area (Å²) in [4.78, 5) is 27.9. The van der Waals surface area contributed by atoms with Gasteiger partial charge in [-0.2, -0.15) is 4.99 Å². The number of nitro groups is 1. The summed E-state index contributed by atoms with van der Waals surface area (Å²) in [6.07, 6.45) is 0. The first-order valence-electron chi connectivity index (χ1n) is 7.92. The Kier molecular flexibility index (Phi) is 5.24. The van der Waals surface area contributed by atoms with Gasteiger partial charge in [0, 0.05) is 31.4 Å². The van der Waals surface area contributed by atoms with Crippen LogP contribution in [0.2, 0.25) is 0 Å². The number of amides is 1. The van der Waals surface area contributed by atoms with Crippen LogP contribution in [0.4, 0.5) is 5.69 Å². The second kappa shape index (κ2) is 7.59. The van der Waals surface area contributed by atoms with Gasteiger partial charge in [0.2, 0.25) is 0 Å². The number of fused-ring (bicyclic) bond motifs is 1. The van der Waals surface area contributed by atoms with Crippen molar-refractivity contribution in [1.82, 2.24) is 4.57 Å². The van der Waals surface area contributed by atoms with Gasteiger partial charge in [-0.05, 0) is 25.1 Å². The summed E-state index contributed by atoms with van der Waals surface area (Å²) in [6, 6.07) is 11.8. The van der Waals surface area contributed by atoms with E-state index in [0.29, 0.717) is 29.0 Å². The highest BCUT2D eigenvalue weighted by Crippen LogP contribution is 2.23. The molecular weight excluding hydrogens is 354 g/mol. The highest BCUT2D eigenvalue weighted by atomic mass is 32.1. The van der Waals surface area contributed by atoms with Crippen LogP contribution in [0.25, 0.3) is 10.2 Å². The number of nitro benzene ring substituents is 1. The van der Waals surface area contributed by atoms with Gasteiger partial charge in [0.05, 0.1) is 21.7 Å². The maximum absolute atomic E-state index is 12.5. The Morgan fingerprint density at radius 3 is 2.81 bits per heavy atom. The van der Waals surface area contributed by atoms with Crippen LogP contribution in [0.5, 0.6) is 0 Å². The summed E-state index contributed by atoms with van der Waals surface area (Å²) in [5.41, 5.74) is 2.15. The number of carbonyl (C=O) groups is 1. The average Bonchev–Trinajstić information content (AvgIpc) is 2.96. The minimum Gasteiger partial charge on any atom is -0.383 e. The van der Waals surface area contributed by atoms with Crippen LogP contribution in [0.1, 0.15) is 15.9 Å². The molecule has 2 aromatic carbocycles. The average molecular weight is 371 g/mol. The fourth-order valence-electron chi connectivity index (χ4n) is 2.58. The Morgan fingerprint density at radius 2 is 2.12 bits per heavy atom. The number of hydrogen-bond acceptors (Lipinski definition) is 5. The molecule has 0 aliphatic heterocycles. The smallest absolute Gasteiger partial charge is 0.279 e. The molecule has 1 aromatic heterocycles. The van der Waals surface area contributed by atoms with Crippen LogP contribution < -0.4 is 4.80 Å². The van der Waals surface area contributed by atoms with Crippen molar-refractivity contribution in [2.75, 3.05) is 13.7 Å². The van der Waals surface area contributed by atoms with E-state index >= 15 is 0 Å². The van der Waals surface area contributed by atoms with Gasteiger partial charge >= 0.3 is 0 Å². The number of carbonyl (C=O) groups excluding carboxylic acids is 1. The molecule has 0 fully saturated rings. The molecule has 134 valence electrons. The zero-order valence-electron chi connectivity index (χ0n) is 14.3. The van der Waals surface area contributed by atoms with Crippen LogP contribution in [0.3, 0.4) is 0 Å². The summed E-state index contributed by atoms with van der Waals surface area (Å²) >= 11 is 1.32. The van der Waals surface area contributed by atoms with Crippen LogP contribution in [-0.2, 0) is 11.3 Å². The highest BCUT2D eigenvalue weighted by Gasteiger charge is 2.13. The van der Waals surface area contributed by atoms with Gasteiger partial charge in [-0.3, -0.25) is 14.9 Å². The Hall–Kier alpha value is -2.84. The third kappa shape index (κ3) is 3.71. The topological polar surface area (TPSA) is 86.7 Å². The van der Waals surface area contributed by atoms with E-state index in [1.54, 1.807) is 29.9 Å². The number of aromatic nitrogens is 1. The molecule has 0 aliphatic carbocycles. The van der Waals surface area contributed by atoms with E-state index in [1.165, 1.54) is 23.5 Å². The quantitative estimate of drug-likeness (QED) is 0.508. The summed E-state index contributed by atoms with van der Waals surface area (Å²) in [5.74, 6) is -0.346. The molecule has 0 radical (unpaired) electrons. The molecule has 0 N–H and O–H groups in total. The largest absolute Gasteiger partial charge is 0.383 e. The molecule has 0 spiro atoms. The first-order chi connectivity index (χ1) is 12.5. The van der Waals surface area contributed by atoms with E-state index in [1.807, 2.05) is 19.1 Å². The molecule has 8 heteroatoms. The highest BCUT2D eigenvalue weighted by molar-refractivity contribution is 7.16. The van der Waals surface area contributed by atoms with Gasteiger partial charge in [-0.15, -0.1) is 0 Å². The standard InChI is InChI=1S/C18H17N3O4S/c1-12-4-3-5-13(10-12)17(22)19-18-20(8-9-25-2)15-11-14(21(23)24)6-7-16(15)26-18/h3-7,10-11H,8-9H2,1-2H3. The van der Waals surface area contributed by atoms with Crippen molar-refractivity contribution in [3.8, 4) is 0 Å². The van der Waals surface area contributed by atoms with Crippen molar-refractivity contribution in [3.63, 3.8) is 0 Å². The Labute approximate surface area is 153 Å². The lowest BCUT2D eigenvalue weighted by molar-refractivity contribution is -0.384. The third-order valence-electron chi connectivity index (χ3n) is 3.86. The van der Waals surface area contributed by atoms with Crippen molar-refractivity contribution < 1.29 is 14.5 Å². The lowest BCUT2D eigenvalue weighted by Crippen LogP contribution is -2.19. The van der Waals surface area contributed by atoms with Crippen molar-refractivity contribution in [2.24, 2.45) is 4.99 Å². The number of thiazole rings is 1. The SMILES string of the molecule is COCCn1c(=NC(=O)c2cccc(C)c2)sc2ccc([N+](=O)[O-])cc21. The van der Waals surface area contributed by atoms with E-state index in [2.05, 4.69) is 4.99 Å². The lowest BCUT2D eigenvalue weighted by Gasteiger charge is -2.04. The zero-order chi connectivity index (χ0) is 18.7. The second-order valence-electron chi connectivity index (χ2n) is 5.72. The minimum atomic E-state index is -0.438. The summed E-state index contributed by atoms with van der Waals surface area (Å²) in [6.45, 7) is 2.76. The molecule has 0 unspecified atom stereocenters. The first kappa shape index (κ1) is 18.0. The number of aryl methyl sites for hydroxylation is 1. The van der Waals surface area contributed by atoms with Gasteiger partial charge in [-0.1, -0.05) is 29.0 Å². The molecule has 0 aliphatic rings. The predicted octanol–water partition coefficient (Wildman–Crippen LogP) is 3.31. The molecule has 1 heterocycles. The van der Waals surface area contributed by atoms with Gasteiger partial charge in [-0.25, -0.2) is 0 Å². The van der Waals surface area contributed by atoms with Crippen LogP contribution in [0, 0.1) is 17.0 Å². The molecule has 3 aromatic rings. The molecule has 0 atom stereocenters. The Balaban J connectivity index is 2.14. The fraction of sp³-hybridized carbons (Fsp3) is 0.222. The zero-order valence-corrected chi connectivity index (χ0v) is 15.2. The number of ether oxygens (including phenoxy) is 1. The van der Waals surface area contributed by atoms with E-state index < -0.39 is 4.92 Å². The summed E-state index contributed by atoms with van der Waals surface area (Å²) in [5, 5.41) is 11.1. The maximum Gasteiger partial charge on any atom is 0.279 e. The van der Waals surface area contributed by atoms with Gasteiger partial charge in [0.25, 0.3) is 11.6 Å². The van der Waals surface area contributed by atoms with E-state index in [-0.39, 0.29) is 11.6 Å². The Morgan fingerprint density at radius 1 is 1.31 bits per heavy atom. The third-order valence-corrected chi connectivity index (χ3v) is 4.92. The van der Waals surface area contributed by atoms with Crippen LogP contribution in [0.15, 0.2) is 47.5 Å². The maximum atomic E-state index is 12.5. The molecule has 0 bridgehead atoms. The van der Waals surface area contributed by atoms with Gasteiger partial charge < -0.3 is 9.30 Å². The Bertz CT molecular complexity index is 1050. The van der Waals surface area contributed by atoms with Crippen molar-refractivity contribution >= 4 is 33.1 Å². The predicted molar refractivity (Wildman–Crippen MR) is 99.4 cm³/mol. The monoisotopic (exact) mass is 371 g/mol. The van der Waals surface area contributed by atoms with E-state index in [0.717, 1.165) is 10.3 Å². The lowest BCUT2D eigenvalue weighted by atomic mass is 10.1. The van der Waals surface area contributed by atoms with Crippen molar-refractivity contribution in [1.29, 1.82) is 0 Å². The molecule has 1 amide bonds.